The van der Waals surface area contributed by atoms with Crippen molar-refractivity contribution in [1.29, 1.82) is 0 Å². The molecule has 1 saturated heterocycles. The van der Waals surface area contributed by atoms with Crippen molar-refractivity contribution in [2.45, 2.75) is 20.3 Å². The number of nitrogens with zero attached hydrogens (tertiary/aromatic N) is 4. The molecule has 0 saturated carbocycles. The van der Waals surface area contributed by atoms with Crippen LogP contribution in [0.3, 0.4) is 0 Å². The Labute approximate surface area is 189 Å². The number of para-hydroxylation sites is 1. The number of methoxy groups -OCH3 is 1. The average Bonchev–Trinajstić information content (AvgIpc) is 3.12. The second kappa shape index (κ2) is 9.87. The fourth-order valence-electron chi connectivity index (χ4n) is 4.13. The first-order chi connectivity index (χ1) is 15.5. The van der Waals surface area contributed by atoms with Crippen LogP contribution in [0, 0.1) is 13.8 Å². The highest BCUT2D eigenvalue weighted by molar-refractivity contribution is 5.92. The second-order valence-electron chi connectivity index (χ2n) is 8.12. The molecule has 1 aliphatic heterocycles. The molecule has 1 N–H and O–H groups in total. The normalized spacial score (nSPS) is 14.4. The van der Waals surface area contributed by atoms with E-state index >= 15 is 0 Å². The lowest BCUT2D eigenvalue weighted by molar-refractivity contribution is -0.116. The Bertz CT molecular complexity index is 1040. The minimum absolute atomic E-state index is 0.0291. The van der Waals surface area contributed by atoms with Crippen molar-refractivity contribution in [3.63, 3.8) is 0 Å². The van der Waals surface area contributed by atoms with Crippen LogP contribution < -0.4 is 15.0 Å². The minimum atomic E-state index is 0.0291. The molecule has 7 heteroatoms. The van der Waals surface area contributed by atoms with Gasteiger partial charge in [0.15, 0.2) is 0 Å². The van der Waals surface area contributed by atoms with E-state index in [0.29, 0.717) is 6.42 Å². The van der Waals surface area contributed by atoms with Crippen molar-refractivity contribution in [1.82, 2.24) is 14.7 Å². The number of aromatic nitrogens is 2. The Balaban J connectivity index is 1.27. The fraction of sp³-hybridized carbons (Fsp3) is 0.360. The summed E-state index contributed by atoms with van der Waals surface area (Å²) in [5.74, 6) is 0.902. The third-order valence-corrected chi connectivity index (χ3v) is 6.02. The smallest absolute Gasteiger partial charge is 0.225 e. The van der Waals surface area contributed by atoms with Gasteiger partial charge in [-0.15, -0.1) is 0 Å². The summed E-state index contributed by atoms with van der Waals surface area (Å²) in [6.45, 7) is 8.48. The van der Waals surface area contributed by atoms with Gasteiger partial charge in [0.25, 0.3) is 0 Å². The number of piperazine rings is 1. The monoisotopic (exact) mass is 433 g/mol. The number of aryl methyl sites for hydroxylation is 1. The van der Waals surface area contributed by atoms with Crippen LogP contribution >= 0.6 is 0 Å². The molecule has 168 valence electrons. The molecule has 2 aromatic carbocycles. The van der Waals surface area contributed by atoms with E-state index in [1.165, 1.54) is 5.69 Å². The van der Waals surface area contributed by atoms with E-state index < -0.39 is 0 Å². The second-order valence-corrected chi connectivity index (χ2v) is 8.12. The molecule has 3 aromatic rings. The summed E-state index contributed by atoms with van der Waals surface area (Å²) >= 11 is 0. The SMILES string of the molecule is COc1ccc(N2CCN(CCC(=O)Nc3c(C)nn(-c4ccccc4)c3C)CC2)cc1. The van der Waals surface area contributed by atoms with E-state index in [9.17, 15) is 4.79 Å². The van der Waals surface area contributed by atoms with Crippen LogP contribution in [-0.4, -0.2) is 60.4 Å². The van der Waals surface area contributed by atoms with Gasteiger partial charge < -0.3 is 15.0 Å². The topological polar surface area (TPSA) is 62.6 Å². The number of carbonyl (C=O) groups is 1. The van der Waals surface area contributed by atoms with Crippen LogP contribution in [0.4, 0.5) is 11.4 Å². The molecule has 0 aliphatic carbocycles. The molecule has 7 nitrogen and oxygen atoms in total. The molecule has 32 heavy (non-hydrogen) atoms. The maximum atomic E-state index is 12.7. The molecule has 0 unspecified atom stereocenters. The maximum absolute atomic E-state index is 12.7. The minimum Gasteiger partial charge on any atom is -0.497 e. The Hall–Kier alpha value is -3.32. The molecule has 1 aliphatic rings. The van der Waals surface area contributed by atoms with Gasteiger partial charge in [-0.1, -0.05) is 18.2 Å². The Kier molecular flexibility index (Phi) is 6.75. The number of benzene rings is 2. The summed E-state index contributed by atoms with van der Waals surface area (Å²) in [6.07, 6.45) is 0.470. The van der Waals surface area contributed by atoms with E-state index in [4.69, 9.17) is 4.74 Å². The average molecular weight is 434 g/mol. The summed E-state index contributed by atoms with van der Waals surface area (Å²) < 4.78 is 7.12. The van der Waals surface area contributed by atoms with Gasteiger partial charge >= 0.3 is 0 Å². The van der Waals surface area contributed by atoms with Crippen LogP contribution in [-0.2, 0) is 4.79 Å². The van der Waals surface area contributed by atoms with Gasteiger partial charge in [0, 0.05) is 44.8 Å². The van der Waals surface area contributed by atoms with Gasteiger partial charge in [0.2, 0.25) is 5.91 Å². The molecule has 2 heterocycles. The number of ether oxygens (including phenoxy) is 1. The zero-order valence-corrected chi connectivity index (χ0v) is 19.0. The van der Waals surface area contributed by atoms with Gasteiger partial charge in [-0.05, 0) is 50.2 Å². The number of carbonyl (C=O) groups excluding carboxylic acids is 1. The number of nitrogens with one attached hydrogen (secondary N) is 1. The summed E-state index contributed by atoms with van der Waals surface area (Å²) in [7, 11) is 1.68. The van der Waals surface area contributed by atoms with Crippen LogP contribution in [0.25, 0.3) is 5.69 Å². The first kappa shape index (κ1) is 21.9. The lowest BCUT2D eigenvalue weighted by Gasteiger charge is -2.36. The predicted molar refractivity (Wildman–Crippen MR) is 128 cm³/mol. The first-order valence-corrected chi connectivity index (χ1v) is 11.1. The molecule has 0 radical (unpaired) electrons. The number of rotatable bonds is 7. The molecule has 1 aromatic heterocycles. The number of amides is 1. The maximum Gasteiger partial charge on any atom is 0.225 e. The van der Waals surface area contributed by atoms with Gasteiger partial charge in [-0.3, -0.25) is 9.69 Å². The van der Waals surface area contributed by atoms with Gasteiger partial charge in [-0.2, -0.15) is 5.10 Å². The van der Waals surface area contributed by atoms with E-state index in [0.717, 1.165) is 61.2 Å². The quantitative estimate of drug-likeness (QED) is 0.616. The van der Waals surface area contributed by atoms with Crippen LogP contribution in [0.1, 0.15) is 17.8 Å². The highest BCUT2D eigenvalue weighted by Gasteiger charge is 2.19. The van der Waals surface area contributed by atoms with E-state index in [2.05, 4.69) is 32.3 Å². The van der Waals surface area contributed by atoms with Crippen molar-refractivity contribution in [2.24, 2.45) is 0 Å². The number of anilines is 2. The highest BCUT2D eigenvalue weighted by Crippen LogP contribution is 2.23. The van der Waals surface area contributed by atoms with Gasteiger partial charge in [-0.25, -0.2) is 4.68 Å². The van der Waals surface area contributed by atoms with Crippen LogP contribution in [0.5, 0.6) is 5.75 Å². The molecule has 1 fully saturated rings. The Morgan fingerprint density at radius 3 is 2.31 bits per heavy atom. The van der Waals surface area contributed by atoms with Gasteiger partial charge in [0.05, 0.1) is 29.9 Å². The Morgan fingerprint density at radius 2 is 1.66 bits per heavy atom. The van der Waals surface area contributed by atoms with Crippen molar-refractivity contribution in [2.75, 3.05) is 50.1 Å². The molecule has 0 spiro atoms. The molecular weight excluding hydrogens is 402 g/mol. The number of hydrogen-bond acceptors (Lipinski definition) is 5. The molecular formula is C25H31N5O2. The van der Waals surface area contributed by atoms with Gasteiger partial charge in [0.1, 0.15) is 5.75 Å². The van der Waals surface area contributed by atoms with Crippen LogP contribution in [0.15, 0.2) is 54.6 Å². The van der Waals surface area contributed by atoms with Crippen molar-refractivity contribution >= 4 is 17.3 Å². The molecule has 0 bridgehead atoms. The predicted octanol–water partition coefficient (Wildman–Crippen LogP) is 3.65. The zero-order chi connectivity index (χ0) is 22.5. The fourth-order valence-corrected chi connectivity index (χ4v) is 4.13. The standard InChI is InChI=1S/C25H31N5O2/c1-19-25(20(2)30(27-19)22-7-5-4-6-8-22)26-24(31)13-14-28-15-17-29(18-16-28)21-9-11-23(32-3)12-10-21/h4-12H,13-18H2,1-3H3,(H,26,31). The van der Waals surface area contributed by atoms with Crippen LogP contribution in [0.2, 0.25) is 0 Å². The molecule has 1 amide bonds. The van der Waals surface area contributed by atoms with Crippen molar-refractivity contribution in [3.05, 3.63) is 66.0 Å². The van der Waals surface area contributed by atoms with E-state index in [1.54, 1.807) is 7.11 Å². The lowest BCUT2D eigenvalue weighted by Crippen LogP contribution is -2.47. The summed E-state index contributed by atoms with van der Waals surface area (Å²) in [5, 5.41) is 7.69. The third kappa shape index (κ3) is 4.94. The molecule has 0 atom stereocenters. The summed E-state index contributed by atoms with van der Waals surface area (Å²) in [6, 6.07) is 18.2. The number of hydrogen-bond donors (Lipinski definition) is 1. The zero-order valence-electron chi connectivity index (χ0n) is 19.0. The summed E-state index contributed by atoms with van der Waals surface area (Å²) in [4.78, 5) is 17.4. The van der Waals surface area contributed by atoms with Crippen molar-refractivity contribution < 1.29 is 9.53 Å². The van der Waals surface area contributed by atoms with E-state index in [-0.39, 0.29) is 5.91 Å². The highest BCUT2D eigenvalue weighted by atomic mass is 16.5. The largest absolute Gasteiger partial charge is 0.497 e. The van der Waals surface area contributed by atoms with E-state index in [1.807, 2.05) is 61.0 Å². The van der Waals surface area contributed by atoms with Crippen molar-refractivity contribution in [3.8, 4) is 11.4 Å². The Morgan fingerprint density at radius 1 is 0.969 bits per heavy atom. The molecule has 4 rings (SSSR count). The lowest BCUT2D eigenvalue weighted by atomic mass is 10.2. The third-order valence-electron chi connectivity index (χ3n) is 6.02. The summed E-state index contributed by atoms with van der Waals surface area (Å²) in [5.41, 5.74) is 4.78. The first-order valence-electron chi connectivity index (χ1n) is 11.1.